The van der Waals surface area contributed by atoms with E-state index in [1.165, 1.54) is 5.56 Å². The quantitative estimate of drug-likeness (QED) is 0.769. The molecule has 0 aromatic heterocycles. The molecule has 0 aliphatic carbocycles. The van der Waals surface area contributed by atoms with Gasteiger partial charge >= 0.3 is 0 Å². The number of ether oxygens (including phenoxy) is 1. The molecule has 0 heterocycles. The molecule has 0 saturated carbocycles. The standard InChI is InChI=1S/C24H32N2O3/c1-17-12-13-21(14-18(17)2)29-16-22(27)26(15-20-10-8-7-9-11-20)19(3)23(28)25-24(4,5)6/h7-14,19H,15-16H2,1-6H3,(H,25,28)/t19-/m1/s1. The molecule has 1 N–H and O–H groups in total. The summed E-state index contributed by atoms with van der Waals surface area (Å²) in [6.07, 6.45) is 0. The van der Waals surface area contributed by atoms with Crippen LogP contribution in [0.4, 0.5) is 0 Å². The highest BCUT2D eigenvalue weighted by Gasteiger charge is 2.28. The third-order valence-corrected chi connectivity index (χ3v) is 4.70. The van der Waals surface area contributed by atoms with Crippen LogP contribution in [0, 0.1) is 13.8 Å². The van der Waals surface area contributed by atoms with Gasteiger partial charge in [0, 0.05) is 12.1 Å². The van der Waals surface area contributed by atoms with Crippen molar-refractivity contribution in [3.63, 3.8) is 0 Å². The van der Waals surface area contributed by atoms with Crippen LogP contribution in [0.2, 0.25) is 0 Å². The van der Waals surface area contributed by atoms with Crippen molar-refractivity contribution in [1.29, 1.82) is 0 Å². The molecule has 156 valence electrons. The fourth-order valence-corrected chi connectivity index (χ4v) is 2.87. The van der Waals surface area contributed by atoms with Gasteiger partial charge in [-0.3, -0.25) is 9.59 Å². The van der Waals surface area contributed by atoms with Gasteiger partial charge in [-0.2, -0.15) is 0 Å². The summed E-state index contributed by atoms with van der Waals surface area (Å²) in [5.74, 6) is 0.226. The normalized spacial score (nSPS) is 12.2. The fourth-order valence-electron chi connectivity index (χ4n) is 2.87. The lowest BCUT2D eigenvalue weighted by atomic mass is 10.1. The second-order valence-electron chi connectivity index (χ2n) is 8.46. The Balaban J connectivity index is 2.15. The summed E-state index contributed by atoms with van der Waals surface area (Å²) >= 11 is 0. The highest BCUT2D eigenvalue weighted by atomic mass is 16.5. The minimum absolute atomic E-state index is 0.123. The van der Waals surface area contributed by atoms with Gasteiger partial charge in [0.2, 0.25) is 5.91 Å². The molecule has 2 amide bonds. The van der Waals surface area contributed by atoms with Gasteiger partial charge in [-0.1, -0.05) is 36.4 Å². The molecule has 0 unspecified atom stereocenters. The number of aryl methyl sites for hydroxylation is 2. The number of nitrogens with one attached hydrogen (secondary N) is 1. The summed E-state index contributed by atoms with van der Waals surface area (Å²) < 4.78 is 5.73. The lowest BCUT2D eigenvalue weighted by Gasteiger charge is -2.31. The molecule has 0 saturated heterocycles. The maximum absolute atomic E-state index is 13.0. The monoisotopic (exact) mass is 396 g/mol. The molecule has 0 aliphatic heterocycles. The first-order valence-corrected chi connectivity index (χ1v) is 9.92. The van der Waals surface area contributed by atoms with E-state index in [-0.39, 0.29) is 24.0 Å². The minimum atomic E-state index is -0.620. The van der Waals surface area contributed by atoms with E-state index in [2.05, 4.69) is 5.32 Å². The molecule has 1 atom stereocenters. The number of amides is 2. The average molecular weight is 397 g/mol. The maximum Gasteiger partial charge on any atom is 0.261 e. The first kappa shape index (κ1) is 22.5. The van der Waals surface area contributed by atoms with Crippen LogP contribution in [0.25, 0.3) is 0 Å². The molecule has 0 bridgehead atoms. The summed E-state index contributed by atoms with van der Waals surface area (Å²) in [7, 11) is 0. The second kappa shape index (κ2) is 9.59. The van der Waals surface area contributed by atoms with Crippen LogP contribution in [0.5, 0.6) is 5.75 Å². The van der Waals surface area contributed by atoms with Gasteiger partial charge in [0.1, 0.15) is 11.8 Å². The largest absolute Gasteiger partial charge is 0.484 e. The van der Waals surface area contributed by atoms with Crippen LogP contribution in [0.15, 0.2) is 48.5 Å². The van der Waals surface area contributed by atoms with Crippen molar-refractivity contribution < 1.29 is 14.3 Å². The Labute approximate surface area is 174 Å². The molecule has 5 nitrogen and oxygen atoms in total. The Morgan fingerprint density at radius 1 is 1.03 bits per heavy atom. The Morgan fingerprint density at radius 3 is 2.28 bits per heavy atom. The van der Waals surface area contributed by atoms with Crippen LogP contribution in [-0.4, -0.2) is 34.9 Å². The second-order valence-corrected chi connectivity index (χ2v) is 8.46. The van der Waals surface area contributed by atoms with E-state index < -0.39 is 6.04 Å². The van der Waals surface area contributed by atoms with Gasteiger partial charge in [-0.15, -0.1) is 0 Å². The van der Waals surface area contributed by atoms with E-state index in [0.29, 0.717) is 12.3 Å². The van der Waals surface area contributed by atoms with E-state index in [1.54, 1.807) is 11.8 Å². The number of hydrogen-bond acceptors (Lipinski definition) is 3. The van der Waals surface area contributed by atoms with Gasteiger partial charge in [-0.05, 0) is 70.4 Å². The molecule has 5 heteroatoms. The number of rotatable bonds is 7. The SMILES string of the molecule is Cc1ccc(OCC(=O)N(Cc2ccccc2)[C@H](C)C(=O)NC(C)(C)C)cc1C. The molecule has 2 aromatic carbocycles. The van der Waals surface area contributed by atoms with E-state index in [4.69, 9.17) is 4.74 Å². The number of hydrogen-bond donors (Lipinski definition) is 1. The number of nitrogens with zero attached hydrogens (tertiary/aromatic N) is 1. The van der Waals surface area contributed by atoms with Crippen molar-refractivity contribution in [3.05, 3.63) is 65.2 Å². The van der Waals surface area contributed by atoms with Gasteiger partial charge in [0.05, 0.1) is 0 Å². The van der Waals surface area contributed by atoms with Crippen LogP contribution >= 0.6 is 0 Å². The van der Waals surface area contributed by atoms with Gasteiger partial charge < -0.3 is 15.0 Å². The van der Waals surface area contributed by atoms with E-state index >= 15 is 0 Å². The molecule has 2 rings (SSSR count). The zero-order valence-corrected chi connectivity index (χ0v) is 18.3. The van der Waals surface area contributed by atoms with Crippen molar-refractivity contribution in [2.24, 2.45) is 0 Å². The third-order valence-electron chi connectivity index (χ3n) is 4.70. The zero-order valence-electron chi connectivity index (χ0n) is 18.3. The predicted octanol–water partition coefficient (Wildman–Crippen LogP) is 4.01. The van der Waals surface area contributed by atoms with Crippen LogP contribution in [0.1, 0.15) is 44.4 Å². The Hall–Kier alpha value is -2.82. The van der Waals surface area contributed by atoms with Crippen molar-refractivity contribution in [1.82, 2.24) is 10.2 Å². The van der Waals surface area contributed by atoms with Crippen LogP contribution in [-0.2, 0) is 16.1 Å². The van der Waals surface area contributed by atoms with Gasteiger partial charge in [-0.25, -0.2) is 0 Å². The first-order valence-electron chi connectivity index (χ1n) is 9.92. The molecular weight excluding hydrogens is 364 g/mol. The topological polar surface area (TPSA) is 58.6 Å². The lowest BCUT2D eigenvalue weighted by Crippen LogP contribution is -2.53. The highest BCUT2D eigenvalue weighted by Crippen LogP contribution is 2.17. The molecule has 2 aromatic rings. The molecule has 29 heavy (non-hydrogen) atoms. The summed E-state index contributed by atoms with van der Waals surface area (Å²) in [6, 6.07) is 14.8. The van der Waals surface area contributed by atoms with Crippen LogP contribution < -0.4 is 10.1 Å². The summed E-state index contributed by atoms with van der Waals surface area (Å²) in [6.45, 7) is 11.8. The predicted molar refractivity (Wildman–Crippen MR) is 116 cm³/mol. The smallest absolute Gasteiger partial charge is 0.261 e. The van der Waals surface area contributed by atoms with Gasteiger partial charge in [0.25, 0.3) is 5.91 Å². The van der Waals surface area contributed by atoms with Gasteiger partial charge in [0.15, 0.2) is 6.61 Å². The number of carbonyl (C=O) groups excluding carboxylic acids is 2. The summed E-state index contributed by atoms with van der Waals surface area (Å²) in [4.78, 5) is 27.3. The summed E-state index contributed by atoms with van der Waals surface area (Å²) in [5.41, 5.74) is 2.86. The molecule has 0 aliphatic rings. The fraction of sp³-hybridized carbons (Fsp3) is 0.417. The summed E-state index contributed by atoms with van der Waals surface area (Å²) in [5, 5.41) is 2.95. The number of benzene rings is 2. The highest BCUT2D eigenvalue weighted by molar-refractivity contribution is 5.88. The average Bonchev–Trinajstić information content (AvgIpc) is 2.65. The van der Waals surface area contributed by atoms with E-state index in [0.717, 1.165) is 11.1 Å². The Bertz CT molecular complexity index is 841. The maximum atomic E-state index is 13.0. The van der Waals surface area contributed by atoms with Crippen molar-refractivity contribution in [3.8, 4) is 5.75 Å². The number of carbonyl (C=O) groups is 2. The van der Waals surface area contributed by atoms with Crippen molar-refractivity contribution in [2.45, 2.75) is 59.7 Å². The Kier molecular flexibility index (Phi) is 7.43. The molecule has 0 spiro atoms. The first-order chi connectivity index (χ1) is 13.6. The molecule has 0 fully saturated rings. The van der Waals surface area contributed by atoms with E-state index in [9.17, 15) is 9.59 Å². The van der Waals surface area contributed by atoms with E-state index in [1.807, 2.05) is 83.1 Å². The van der Waals surface area contributed by atoms with Crippen LogP contribution in [0.3, 0.4) is 0 Å². The Morgan fingerprint density at radius 2 is 1.69 bits per heavy atom. The molecule has 0 radical (unpaired) electrons. The minimum Gasteiger partial charge on any atom is -0.484 e. The molecular formula is C24H32N2O3. The van der Waals surface area contributed by atoms with Crippen molar-refractivity contribution in [2.75, 3.05) is 6.61 Å². The van der Waals surface area contributed by atoms with Crippen molar-refractivity contribution >= 4 is 11.8 Å². The third kappa shape index (κ3) is 6.93. The zero-order chi connectivity index (χ0) is 21.6. The lowest BCUT2D eigenvalue weighted by molar-refractivity contribution is -0.142.